The molecule has 0 saturated carbocycles. The molecule has 0 radical (unpaired) electrons. The molecule has 5 nitrogen and oxygen atoms in total. The van der Waals surface area contributed by atoms with Crippen LogP contribution in [0.5, 0.6) is 0 Å². The fraction of sp³-hybridized carbons (Fsp3) is 0.500. The molecule has 6 heteroatoms. The highest BCUT2D eigenvalue weighted by Crippen LogP contribution is 2.38. The van der Waals surface area contributed by atoms with Gasteiger partial charge in [-0.1, -0.05) is 0 Å². The zero-order valence-electron chi connectivity index (χ0n) is 9.89. The molecule has 1 aromatic rings. The molecule has 1 aliphatic heterocycles. The van der Waals surface area contributed by atoms with Crippen LogP contribution in [0.3, 0.4) is 0 Å². The molecule has 3 N–H and O–H groups in total. The number of piperidine rings is 1. The first-order chi connectivity index (χ1) is 8.71. The minimum absolute atomic E-state index is 0.157. The largest absolute Gasteiger partial charge is 0.396 e. The molecule has 94 valence electrons. The summed E-state index contributed by atoms with van der Waals surface area (Å²) < 4.78 is 0. The molecule has 1 aliphatic rings. The molecule has 1 atom stereocenters. The third-order valence-electron chi connectivity index (χ3n) is 3.20. The van der Waals surface area contributed by atoms with Gasteiger partial charge in [0.1, 0.15) is 27.6 Å². The Labute approximate surface area is 110 Å². The number of thiophene rings is 1. The quantitative estimate of drug-likeness (QED) is 0.836. The first kappa shape index (κ1) is 12.7. The first-order valence-electron chi connectivity index (χ1n) is 5.79. The van der Waals surface area contributed by atoms with E-state index in [1.54, 1.807) is 0 Å². The Kier molecular flexibility index (Phi) is 3.71. The van der Waals surface area contributed by atoms with Crippen LogP contribution in [-0.2, 0) is 0 Å². The molecule has 1 aromatic heterocycles. The molecule has 1 unspecified atom stereocenters. The third kappa shape index (κ3) is 2.13. The van der Waals surface area contributed by atoms with Crippen LogP contribution in [0.1, 0.15) is 23.3 Å². The average Bonchev–Trinajstić information content (AvgIpc) is 2.75. The van der Waals surface area contributed by atoms with Gasteiger partial charge in [-0.25, -0.2) is 0 Å². The van der Waals surface area contributed by atoms with Crippen molar-refractivity contribution in [1.82, 2.24) is 0 Å². The van der Waals surface area contributed by atoms with Crippen molar-refractivity contribution < 1.29 is 5.11 Å². The van der Waals surface area contributed by atoms with Crippen molar-refractivity contribution in [3.05, 3.63) is 10.4 Å². The van der Waals surface area contributed by atoms with Crippen molar-refractivity contribution >= 4 is 22.0 Å². The molecular weight excluding hydrogens is 248 g/mol. The highest BCUT2D eigenvalue weighted by molar-refractivity contribution is 7.17. The van der Waals surface area contributed by atoms with Crippen molar-refractivity contribution in [3.63, 3.8) is 0 Å². The Hall–Kier alpha value is -1.76. The van der Waals surface area contributed by atoms with Crippen LogP contribution in [0.15, 0.2) is 0 Å². The second-order valence-electron chi connectivity index (χ2n) is 4.39. The lowest BCUT2D eigenvalue weighted by Gasteiger charge is -2.32. The van der Waals surface area contributed by atoms with Crippen molar-refractivity contribution in [2.75, 3.05) is 30.3 Å². The van der Waals surface area contributed by atoms with Crippen molar-refractivity contribution in [1.29, 1.82) is 10.5 Å². The fourth-order valence-electron chi connectivity index (χ4n) is 2.24. The van der Waals surface area contributed by atoms with Crippen LogP contribution in [-0.4, -0.2) is 24.8 Å². The van der Waals surface area contributed by atoms with Gasteiger partial charge in [-0.15, -0.1) is 11.3 Å². The smallest absolute Gasteiger partial charge is 0.131 e. The first-order valence-corrected chi connectivity index (χ1v) is 6.61. The Balaban J connectivity index is 2.34. The summed E-state index contributed by atoms with van der Waals surface area (Å²) in [6.45, 7) is 1.72. The molecule has 1 saturated heterocycles. The Morgan fingerprint density at radius 3 is 2.83 bits per heavy atom. The molecule has 0 amide bonds. The van der Waals surface area contributed by atoms with Gasteiger partial charge in [0.05, 0.1) is 5.69 Å². The maximum absolute atomic E-state index is 9.22. The van der Waals surface area contributed by atoms with Gasteiger partial charge in [0.2, 0.25) is 0 Å². The standard InChI is InChI=1S/C12H14N4OS/c13-4-9-11(15)10(5-14)18-12(9)16-3-1-2-8(6-16)7-17/h8,17H,1-3,6-7,15H2. The van der Waals surface area contributed by atoms with Crippen LogP contribution in [0.4, 0.5) is 10.7 Å². The maximum atomic E-state index is 9.22. The fourth-order valence-corrected chi connectivity index (χ4v) is 3.25. The zero-order chi connectivity index (χ0) is 13.1. The summed E-state index contributed by atoms with van der Waals surface area (Å²) in [6, 6.07) is 4.10. The minimum Gasteiger partial charge on any atom is -0.396 e. The topological polar surface area (TPSA) is 97.1 Å². The summed E-state index contributed by atoms with van der Waals surface area (Å²) in [5.74, 6) is 0.235. The van der Waals surface area contributed by atoms with Gasteiger partial charge in [-0.05, 0) is 18.8 Å². The summed E-state index contributed by atoms with van der Waals surface area (Å²) in [5.41, 5.74) is 6.47. The number of aliphatic hydroxyl groups excluding tert-OH is 1. The van der Waals surface area contributed by atoms with E-state index in [0.717, 1.165) is 30.9 Å². The molecule has 0 aromatic carbocycles. The maximum Gasteiger partial charge on any atom is 0.131 e. The number of nitrogen functional groups attached to an aromatic ring is 1. The second-order valence-corrected chi connectivity index (χ2v) is 5.38. The van der Waals surface area contributed by atoms with Crippen LogP contribution in [0.2, 0.25) is 0 Å². The van der Waals surface area contributed by atoms with Gasteiger partial charge in [-0.3, -0.25) is 0 Å². The van der Waals surface area contributed by atoms with Gasteiger partial charge < -0.3 is 15.7 Å². The Morgan fingerprint density at radius 1 is 1.44 bits per heavy atom. The van der Waals surface area contributed by atoms with Crippen molar-refractivity contribution in [2.24, 2.45) is 5.92 Å². The van der Waals surface area contributed by atoms with Crippen LogP contribution in [0.25, 0.3) is 0 Å². The predicted octanol–water partition coefficient (Wildman–Crippen LogP) is 1.28. The number of hydrogen-bond acceptors (Lipinski definition) is 6. The highest BCUT2D eigenvalue weighted by Gasteiger charge is 2.25. The number of anilines is 2. The Bertz CT molecular complexity index is 525. The van der Waals surface area contributed by atoms with Crippen LogP contribution < -0.4 is 10.6 Å². The molecule has 0 bridgehead atoms. The van der Waals surface area contributed by atoms with E-state index in [2.05, 4.69) is 11.0 Å². The van der Waals surface area contributed by atoms with Gasteiger partial charge in [-0.2, -0.15) is 10.5 Å². The van der Waals surface area contributed by atoms with E-state index in [0.29, 0.717) is 10.4 Å². The Morgan fingerprint density at radius 2 is 2.22 bits per heavy atom. The number of aliphatic hydroxyl groups is 1. The highest BCUT2D eigenvalue weighted by atomic mass is 32.1. The third-order valence-corrected chi connectivity index (χ3v) is 4.38. The molecule has 0 aliphatic carbocycles. The van der Waals surface area contributed by atoms with E-state index in [-0.39, 0.29) is 18.2 Å². The minimum atomic E-state index is 0.157. The molecule has 1 fully saturated rings. The summed E-state index contributed by atoms with van der Waals surface area (Å²) in [7, 11) is 0. The summed E-state index contributed by atoms with van der Waals surface area (Å²) in [6.07, 6.45) is 1.98. The van der Waals surface area contributed by atoms with Crippen molar-refractivity contribution in [3.8, 4) is 12.1 Å². The van der Waals surface area contributed by atoms with Gasteiger partial charge in [0, 0.05) is 19.7 Å². The second kappa shape index (κ2) is 5.26. The van der Waals surface area contributed by atoms with Gasteiger partial charge in [0.15, 0.2) is 0 Å². The molecule has 18 heavy (non-hydrogen) atoms. The molecular formula is C12H14N4OS. The van der Waals surface area contributed by atoms with Gasteiger partial charge in [0.25, 0.3) is 0 Å². The van der Waals surface area contributed by atoms with E-state index in [1.165, 1.54) is 11.3 Å². The number of nitrogens with two attached hydrogens (primary N) is 1. The number of hydrogen-bond donors (Lipinski definition) is 2. The summed E-state index contributed by atoms with van der Waals surface area (Å²) in [4.78, 5) is 2.46. The summed E-state index contributed by atoms with van der Waals surface area (Å²) in [5, 5.41) is 28.1. The SMILES string of the molecule is N#Cc1sc(N2CCCC(CO)C2)c(C#N)c1N. The average molecular weight is 262 g/mol. The van der Waals surface area contributed by atoms with E-state index >= 15 is 0 Å². The normalized spacial score (nSPS) is 19.3. The lowest BCUT2D eigenvalue weighted by molar-refractivity contribution is 0.209. The molecule has 2 rings (SSSR count). The summed E-state index contributed by atoms with van der Waals surface area (Å²) >= 11 is 1.27. The van der Waals surface area contributed by atoms with E-state index in [9.17, 15) is 5.11 Å². The molecule has 2 heterocycles. The number of nitrogens with zero attached hydrogens (tertiary/aromatic N) is 3. The van der Waals surface area contributed by atoms with E-state index in [1.807, 2.05) is 6.07 Å². The van der Waals surface area contributed by atoms with Gasteiger partial charge >= 0.3 is 0 Å². The van der Waals surface area contributed by atoms with Crippen LogP contribution in [0, 0.1) is 28.6 Å². The van der Waals surface area contributed by atoms with E-state index in [4.69, 9.17) is 16.3 Å². The van der Waals surface area contributed by atoms with E-state index < -0.39 is 0 Å². The predicted molar refractivity (Wildman–Crippen MR) is 70.2 cm³/mol. The zero-order valence-corrected chi connectivity index (χ0v) is 10.7. The lowest BCUT2D eigenvalue weighted by Crippen LogP contribution is -2.36. The number of rotatable bonds is 2. The number of nitriles is 2. The van der Waals surface area contributed by atoms with Crippen LogP contribution >= 0.6 is 11.3 Å². The monoisotopic (exact) mass is 262 g/mol. The molecule has 0 spiro atoms. The lowest BCUT2D eigenvalue weighted by atomic mass is 9.99. The van der Waals surface area contributed by atoms with Crippen molar-refractivity contribution in [2.45, 2.75) is 12.8 Å².